The van der Waals surface area contributed by atoms with Crippen molar-refractivity contribution in [2.75, 3.05) is 30.3 Å². The number of nitrogens with zero attached hydrogens (tertiary/aromatic N) is 3. The van der Waals surface area contributed by atoms with Crippen LogP contribution in [0.3, 0.4) is 0 Å². The molecule has 32 heavy (non-hydrogen) atoms. The second kappa shape index (κ2) is 10.8. The molecule has 1 amide bonds. The highest BCUT2D eigenvalue weighted by Crippen LogP contribution is 2.25. The van der Waals surface area contributed by atoms with Gasteiger partial charge in [0.15, 0.2) is 0 Å². The first-order chi connectivity index (χ1) is 15.6. The first kappa shape index (κ1) is 22.5. The summed E-state index contributed by atoms with van der Waals surface area (Å²) < 4.78 is 0. The van der Waals surface area contributed by atoms with E-state index in [1.54, 1.807) is 18.2 Å². The van der Waals surface area contributed by atoms with Crippen molar-refractivity contribution in [3.8, 4) is 0 Å². The fourth-order valence-electron chi connectivity index (χ4n) is 3.76. The third-order valence-electron chi connectivity index (χ3n) is 5.45. The lowest BCUT2D eigenvalue weighted by atomic mass is 10.1. The summed E-state index contributed by atoms with van der Waals surface area (Å²) in [4.78, 5) is 23.5. The third-order valence-corrected chi connectivity index (χ3v) is 6.08. The van der Waals surface area contributed by atoms with Crippen LogP contribution < -0.4 is 10.6 Å². The monoisotopic (exact) mass is 469 g/mol. The molecule has 0 bridgehead atoms. The van der Waals surface area contributed by atoms with Crippen molar-refractivity contribution in [1.29, 1.82) is 0 Å². The minimum Gasteiger partial charge on any atom is -0.324 e. The highest BCUT2D eigenvalue weighted by atomic mass is 35.5. The van der Waals surface area contributed by atoms with Crippen molar-refractivity contribution in [1.82, 2.24) is 14.9 Å². The van der Waals surface area contributed by atoms with Gasteiger partial charge < -0.3 is 15.5 Å². The summed E-state index contributed by atoms with van der Waals surface area (Å²) in [6, 6.07) is 13.2. The zero-order chi connectivity index (χ0) is 22.3. The Balaban J connectivity index is 1.29. The molecule has 8 heteroatoms. The fourth-order valence-corrected chi connectivity index (χ4v) is 4.33. The highest BCUT2D eigenvalue weighted by molar-refractivity contribution is 6.40. The van der Waals surface area contributed by atoms with Crippen LogP contribution in [0.25, 0.3) is 0 Å². The second-order valence-electron chi connectivity index (χ2n) is 7.82. The molecular weight excluding hydrogens is 445 g/mol. The molecule has 1 fully saturated rings. The van der Waals surface area contributed by atoms with Gasteiger partial charge in [-0.15, -0.1) is 0 Å². The molecule has 4 rings (SSSR count). The van der Waals surface area contributed by atoms with Gasteiger partial charge in [0.1, 0.15) is 0 Å². The van der Waals surface area contributed by atoms with Gasteiger partial charge in [-0.05, 0) is 75.1 Å². The maximum absolute atomic E-state index is 12.5. The summed E-state index contributed by atoms with van der Waals surface area (Å²) in [5.74, 6) is 0.0331. The molecule has 2 heterocycles. The van der Waals surface area contributed by atoms with Gasteiger partial charge in [-0.1, -0.05) is 41.4 Å². The average molecular weight is 470 g/mol. The van der Waals surface area contributed by atoms with E-state index in [9.17, 15) is 4.79 Å². The lowest BCUT2D eigenvalue weighted by molar-refractivity contribution is 0.102. The van der Waals surface area contributed by atoms with Crippen LogP contribution in [0, 0.1) is 0 Å². The quantitative estimate of drug-likeness (QED) is 0.435. The predicted octanol–water partition coefficient (Wildman–Crippen LogP) is 5.81. The van der Waals surface area contributed by atoms with Gasteiger partial charge in [0.2, 0.25) is 5.95 Å². The second-order valence-corrected chi connectivity index (χ2v) is 8.63. The zero-order valence-corrected chi connectivity index (χ0v) is 19.2. The number of carbonyl (C=O) groups excluding carboxylic acids is 1. The number of anilines is 3. The van der Waals surface area contributed by atoms with Crippen LogP contribution in [0.4, 0.5) is 17.3 Å². The van der Waals surface area contributed by atoms with Gasteiger partial charge in [0.25, 0.3) is 5.91 Å². The van der Waals surface area contributed by atoms with Crippen molar-refractivity contribution in [3.05, 3.63) is 76.0 Å². The van der Waals surface area contributed by atoms with E-state index in [2.05, 4.69) is 37.6 Å². The number of carbonyl (C=O) groups is 1. The predicted molar refractivity (Wildman–Crippen MR) is 130 cm³/mol. The van der Waals surface area contributed by atoms with E-state index in [1.165, 1.54) is 56.9 Å². The standard InChI is InChI=1S/C24H25Cl2N5O/c25-20-6-3-7-21(26)22(20)23(32)29-19-15-27-24(28-16-19)30-18-10-8-17(9-11-18)5-4-14-31-12-1-2-13-31/h3,6-11,15-16H,1-2,4-5,12-14H2,(H,29,32)(H,27,28,30). The Kier molecular flexibility index (Phi) is 7.58. The molecule has 0 saturated carbocycles. The zero-order valence-electron chi connectivity index (χ0n) is 17.7. The van der Waals surface area contributed by atoms with Gasteiger partial charge in [0, 0.05) is 5.69 Å². The van der Waals surface area contributed by atoms with Crippen LogP contribution in [-0.4, -0.2) is 40.4 Å². The van der Waals surface area contributed by atoms with Crippen molar-refractivity contribution in [2.45, 2.75) is 25.7 Å². The maximum atomic E-state index is 12.5. The Morgan fingerprint density at radius 3 is 2.25 bits per heavy atom. The SMILES string of the molecule is O=C(Nc1cnc(Nc2ccc(CCCN3CCCC3)cc2)nc1)c1c(Cl)cccc1Cl. The normalized spacial score (nSPS) is 13.8. The molecule has 1 saturated heterocycles. The van der Waals surface area contributed by atoms with Crippen molar-refractivity contribution in [2.24, 2.45) is 0 Å². The van der Waals surface area contributed by atoms with Crippen LogP contribution in [0.1, 0.15) is 35.2 Å². The first-order valence-corrected chi connectivity index (χ1v) is 11.5. The number of benzene rings is 2. The van der Waals surface area contributed by atoms with Gasteiger partial charge in [-0.2, -0.15) is 0 Å². The summed E-state index contributed by atoms with van der Waals surface area (Å²) >= 11 is 12.2. The van der Waals surface area contributed by atoms with E-state index < -0.39 is 5.91 Å². The average Bonchev–Trinajstić information content (AvgIpc) is 3.30. The Bertz CT molecular complexity index is 1030. The third kappa shape index (κ3) is 5.97. The van der Waals surface area contributed by atoms with Gasteiger partial charge >= 0.3 is 0 Å². The summed E-state index contributed by atoms with van der Waals surface area (Å²) in [5.41, 5.74) is 2.91. The summed E-state index contributed by atoms with van der Waals surface area (Å²) in [5, 5.41) is 6.46. The van der Waals surface area contributed by atoms with Crippen molar-refractivity contribution >= 4 is 46.4 Å². The van der Waals surface area contributed by atoms with Crippen molar-refractivity contribution in [3.63, 3.8) is 0 Å². The molecule has 0 aliphatic carbocycles. The number of halogens is 2. The minimum absolute atomic E-state index is 0.221. The molecule has 3 aromatic rings. The molecule has 0 atom stereocenters. The molecule has 0 spiro atoms. The van der Waals surface area contributed by atoms with Gasteiger partial charge in [-0.3, -0.25) is 4.79 Å². The summed E-state index contributed by atoms with van der Waals surface area (Å²) in [7, 11) is 0. The molecule has 1 aliphatic heterocycles. The summed E-state index contributed by atoms with van der Waals surface area (Å²) in [6.45, 7) is 3.68. The Labute approximate surface area is 198 Å². The number of nitrogens with one attached hydrogen (secondary N) is 2. The van der Waals surface area contributed by atoms with E-state index in [4.69, 9.17) is 23.2 Å². The number of hydrogen-bond acceptors (Lipinski definition) is 5. The smallest absolute Gasteiger partial charge is 0.258 e. The van der Waals surface area contributed by atoms with Gasteiger partial charge in [0.05, 0.1) is 33.7 Å². The number of rotatable bonds is 8. The van der Waals surface area contributed by atoms with Crippen LogP contribution in [0.5, 0.6) is 0 Å². The molecule has 0 radical (unpaired) electrons. The largest absolute Gasteiger partial charge is 0.324 e. The van der Waals surface area contributed by atoms with Crippen LogP contribution >= 0.6 is 23.2 Å². The molecular formula is C24H25Cl2N5O. The van der Waals surface area contributed by atoms with Crippen LogP contribution in [0.2, 0.25) is 10.0 Å². The molecule has 0 unspecified atom stereocenters. The molecule has 166 valence electrons. The molecule has 1 aromatic heterocycles. The highest BCUT2D eigenvalue weighted by Gasteiger charge is 2.15. The molecule has 2 N–H and O–H groups in total. The number of aromatic nitrogens is 2. The minimum atomic E-state index is -0.412. The van der Waals surface area contributed by atoms with Crippen LogP contribution in [-0.2, 0) is 6.42 Å². The number of amides is 1. The van der Waals surface area contributed by atoms with Crippen molar-refractivity contribution < 1.29 is 4.79 Å². The Morgan fingerprint density at radius 1 is 0.938 bits per heavy atom. The van der Waals surface area contributed by atoms with E-state index >= 15 is 0 Å². The lowest BCUT2D eigenvalue weighted by Crippen LogP contribution is -2.20. The Morgan fingerprint density at radius 2 is 1.59 bits per heavy atom. The number of aryl methyl sites for hydroxylation is 1. The Hall–Kier alpha value is -2.67. The fraction of sp³-hybridized carbons (Fsp3) is 0.292. The number of hydrogen-bond donors (Lipinski definition) is 2. The van der Waals surface area contributed by atoms with Crippen LogP contribution in [0.15, 0.2) is 54.9 Å². The first-order valence-electron chi connectivity index (χ1n) is 10.7. The van der Waals surface area contributed by atoms with E-state index in [0.29, 0.717) is 11.6 Å². The topological polar surface area (TPSA) is 70.2 Å². The van der Waals surface area contributed by atoms with E-state index in [-0.39, 0.29) is 15.6 Å². The summed E-state index contributed by atoms with van der Waals surface area (Å²) in [6.07, 6.45) is 8.01. The van der Waals surface area contributed by atoms with E-state index in [1.807, 2.05) is 12.1 Å². The molecule has 6 nitrogen and oxygen atoms in total. The van der Waals surface area contributed by atoms with E-state index in [0.717, 1.165) is 12.1 Å². The molecule has 2 aromatic carbocycles. The maximum Gasteiger partial charge on any atom is 0.258 e. The number of likely N-dealkylation sites (tertiary alicyclic amines) is 1. The lowest BCUT2D eigenvalue weighted by Gasteiger charge is -2.14. The molecule has 1 aliphatic rings. The van der Waals surface area contributed by atoms with Gasteiger partial charge in [-0.25, -0.2) is 9.97 Å².